The van der Waals surface area contributed by atoms with Crippen molar-refractivity contribution >= 4 is 29.0 Å². The van der Waals surface area contributed by atoms with Crippen LogP contribution in [0.15, 0.2) is 84.9 Å². The van der Waals surface area contributed by atoms with Crippen molar-refractivity contribution in [2.24, 2.45) is 5.92 Å². The molecule has 0 atom stereocenters. The normalized spacial score (nSPS) is 10.4. The molecule has 29 heavy (non-hydrogen) atoms. The molecule has 0 aliphatic heterocycles. The number of nitrogens with zero attached hydrogens (tertiary/aromatic N) is 1. The van der Waals surface area contributed by atoms with Gasteiger partial charge in [0.1, 0.15) is 0 Å². The Bertz CT molecular complexity index is 884. The van der Waals surface area contributed by atoms with Crippen LogP contribution in [0, 0.1) is 5.92 Å². The molecule has 5 heteroatoms. The molecule has 0 radical (unpaired) electrons. The minimum Gasteiger partial charge on any atom is -0.468 e. The van der Waals surface area contributed by atoms with E-state index in [0.717, 1.165) is 22.6 Å². The number of carbonyl (C=O) groups is 2. The van der Waals surface area contributed by atoms with Gasteiger partial charge >= 0.3 is 11.9 Å². The highest BCUT2D eigenvalue weighted by Crippen LogP contribution is 2.34. The summed E-state index contributed by atoms with van der Waals surface area (Å²) in [5, 5.41) is 0. The molecular formula is C24H23NO4. The van der Waals surface area contributed by atoms with E-state index >= 15 is 0 Å². The van der Waals surface area contributed by atoms with E-state index in [1.54, 1.807) is 0 Å². The molecule has 0 fully saturated rings. The van der Waals surface area contributed by atoms with Crippen molar-refractivity contribution in [1.29, 1.82) is 0 Å². The van der Waals surface area contributed by atoms with Gasteiger partial charge in [-0.25, -0.2) is 0 Å². The van der Waals surface area contributed by atoms with Gasteiger partial charge in [-0.05, 0) is 48.4 Å². The number of carbonyl (C=O) groups excluding carboxylic acids is 2. The van der Waals surface area contributed by atoms with Crippen LogP contribution >= 0.6 is 0 Å². The summed E-state index contributed by atoms with van der Waals surface area (Å²) in [6.07, 6.45) is 0.219. The Hall–Kier alpha value is -3.60. The van der Waals surface area contributed by atoms with E-state index in [2.05, 4.69) is 4.90 Å². The predicted molar refractivity (Wildman–Crippen MR) is 112 cm³/mol. The van der Waals surface area contributed by atoms with Gasteiger partial charge in [0.15, 0.2) is 5.92 Å². The van der Waals surface area contributed by atoms with Crippen LogP contribution in [0.1, 0.15) is 5.56 Å². The standard InChI is InChI=1S/C24H23NO4/c1-28-23(26)22(24(27)29-2)17-18-13-15-21(16-14-18)25(19-9-5-3-6-10-19)20-11-7-4-8-12-20/h3-16,22H,17H2,1-2H3. The molecule has 0 unspecified atom stereocenters. The Morgan fingerprint density at radius 2 is 1.10 bits per heavy atom. The van der Waals surface area contributed by atoms with E-state index in [1.807, 2.05) is 84.9 Å². The lowest BCUT2D eigenvalue weighted by Gasteiger charge is -2.25. The quantitative estimate of drug-likeness (QED) is 0.434. The first-order valence-corrected chi connectivity index (χ1v) is 9.29. The first-order chi connectivity index (χ1) is 14.1. The van der Waals surface area contributed by atoms with Crippen LogP contribution < -0.4 is 4.90 Å². The molecule has 0 saturated heterocycles. The highest BCUT2D eigenvalue weighted by atomic mass is 16.5. The summed E-state index contributed by atoms with van der Waals surface area (Å²) < 4.78 is 9.47. The summed E-state index contributed by atoms with van der Waals surface area (Å²) in [6, 6.07) is 27.9. The first kappa shape index (κ1) is 20.1. The van der Waals surface area contributed by atoms with Gasteiger partial charge in [-0.2, -0.15) is 0 Å². The average molecular weight is 389 g/mol. The van der Waals surface area contributed by atoms with Crippen LogP contribution in [0.3, 0.4) is 0 Å². The summed E-state index contributed by atoms with van der Waals surface area (Å²) in [7, 11) is 2.53. The Kier molecular flexibility index (Phi) is 6.63. The van der Waals surface area contributed by atoms with Crippen LogP contribution in [0.2, 0.25) is 0 Å². The van der Waals surface area contributed by atoms with Crippen LogP contribution in [-0.2, 0) is 25.5 Å². The number of esters is 2. The summed E-state index contributed by atoms with van der Waals surface area (Å²) >= 11 is 0. The number of benzene rings is 3. The molecule has 0 saturated carbocycles. The van der Waals surface area contributed by atoms with Crippen LogP contribution in [0.5, 0.6) is 0 Å². The summed E-state index contributed by atoms with van der Waals surface area (Å²) in [6.45, 7) is 0. The van der Waals surface area contributed by atoms with Gasteiger partial charge in [0.2, 0.25) is 0 Å². The number of para-hydroxylation sites is 2. The van der Waals surface area contributed by atoms with Crippen molar-refractivity contribution in [2.45, 2.75) is 6.42 Å². The number of methoxy groups -OCH3 is 2. The molecule has 5 nitrogen and oxygen atoms in total. The largest absolute Gasteiger partial charge is 0.468 e. The molecule has 0 amide bonds. The molecule has 0 aromatic heterocycles. The maximum atomic E-state index is 11.9. The van der Waals surface area contributed by atoms with Crippen LogP contribution in [0.25, 0.3) is 0 Å². The molecule has 0 heterocycles. The Morgan fingerprint density at radius 1 is 0.690 bits per heavy atom. The zero-order valence-electron chi connectivity index (χ0n) is 16.4. The molecule has 3 aromatic carbocycles. The van der Waals surface area contributed by atoms with Crippen LogP contribution in [-0.4, -0.2) is 26.2 Å². The Labute approximate surface area is 170 Å². The molecule has 0 aliphatic rings. The van der Waals surface area contributed by atoms with E-state index < -0.39 is 17.9 Å². The zero-order chi connectivity index (χ0) is 20.6. The number of hydrogen-bond acceptors (Lipinski definition) is 5. The lowest BCUT2D eigenvalue weighted by atomic mass is 9.99. The maximum Gasteiger partial charge on any atom is 0.320 e. The maximum absolute atomic E-state index is 11.9. The molecule has 0 spiro atoms. The molecule has 0 bridgehead atoms. The molecule has 0 aliphatic carbocycles. The van der Waals surface area contributed by atoms with Crippen LogP contribution in [0.4, 0.5) is 17.1 Å². The van der Waals surface area contributed by atoms with Crippen molar-refractivity contribution in [3.63, 3.8) is 0 Å². The third-order valence-electron chi connectivity index (χ3n) is 4.63. The number of rotatable bonds is 7. The minimum atomic E-state index is -0.977. The molecule has 3 rings (SSSR count). The van der Waals surface area contributed by atoms with Gasteiger partial charge in [-0.1, -0.05) is 48.5 Å². The van der Waals surface area contributed by atoms with Crippen molar-refractivity contribution in [3.05, 3.63) is 90.5 Å². The van der Waals surface area contributed by atoms with Crippen molar-refractivity contribution in [1.82, 2.24) is 0 Å². The summed E-state index contributed by atoms with van der Waals surface area (Å²) in [4.78, 5) is 26.0. The lowest BCUT2D eigenvalue weighted by molar-refractivity contribution is -0.158. The highest BCUT2D eigenvalue weighted by molar-refractivity contribution is 5.95. The lowest BCUT2D eigenvalue weighted by Crippen LogP contribution is -2.28. The molecule has 0 N–H and O–H groups in total. The fourth-order valence-electron chi connectivity index (χ4n) is 3.17. The van der Waals surface area contributed by atoms with Crippen molar-refractivity contribution in [3.8, 4) is 0 Å². The third kappa shape index (κ3) is 4.82. The monoisotopic (exact) mass is 389 g/mol. The van der Waals surface area contributed by atoms with Crippen molar-refractivity contribution < 1.29 is 19.1 Å². The van der Waals surface area contributed by atoms with Gasteiger partial charge < -0.3 is 14.4 Å². The van der Waals surface area contributed by atoms with Crippen molar-refractivity contribution in [2.75, 3.05) is 19.1 Å². The second-order valence-corrected chi connectivity index (χ2v) is 6.48. The Balaban J connectivity index is 1.90. The number of ether oxygens (including phenoxy) is 2. The molecular weight excluding hydrogens is 366 g/mol. The average Bonchev–Trinajstić information content (AvgIpc) is 2.79. The van der Waals surface area contributed by atoms with E-state index in [1.165, 1.54) is 14.2 Å². The smallest absolute Gasteiger partial charge is 0.320 e. The molecule has 148 valence electrons. The molecule has 3 aromatic rings. The van der Waals surface area contributed by atoms with E-state index in [4.69, 9.17) is 9.47 Å². The van der Waals surface area contributed by atoms with E-state index in [0.29, 0.717) is 0 Å². The SMILES string of the molecule is COC(=O)C(Cc1ccc(N(c2ccccc2)c2ccccc2)cc1)C(=O)OC. The number of hydrogen-bond donors (Lipinski definition) is 0. The summed E-state index contributed by atoms with van der Waals surface area (Å²) in [5.41, 5.74) is 3.89. The topological polar surface area (TPSA) is 55.8 Å². The van der Waals surface area contributed by atoms with Gasteiger partial charge in [0.05, 0.1) is 14.2 Å². The fourth-order valence-corrected chi connectivity index (χ4v) is 3.17. The Morgan fingerprint density at radius 3 is 1.52 bits per heavy atom. The third-order valence-corrected chi connectivity index (χ3v) is 4.63. The number of anilines is 3. The minimum absolute atomic E-state index is 0.219. The van der Waals surface area contributed by atoms with Gasteiger partial charge in [0, 0.05) is 17.1 Å². The van der Waals surface area contributed by atoms with E-state index in [9.17, 15) is 9.59 Å². The predicted octanol–water partition coefficient (Wildman–Crippen LogP) is 4.66. The first-order valence-electron chi connectivity index (χ1n) is 9.29. The fraction of sp³-hybridized carbons (Fsp3) is 0.167. The van der Waals surface area contributed by atoms with E-state index in [-0.39, 0.29) is 6.42 Å². The highest BCUT2D eigenvalue weighted by Gasteiger charge is 2.28. The second-order valence-electron chi connectivity index (χ2n) is 6.48. The summed E-state index contributed by atoms with van der Waals surface area (Å²) in [5.74, 6) is -2.18. The van der Waals surface area contributed by atoms with Gasteiger partial charge in [-0.15, -0.1) is 0 Å². The zero-order valence-corrected chi connectivity index (χ0v) is 16.4. The van der Waals surface area contributed by atoms with Gasteiger partial charge in [-0.3, -0.25) is 9.59 Å². The second kappa shape index (κ2) is 9.55. The van der Waals surface area contributed by atoms with Gasteiger partial charge in [0.25, 0.3) is 0 Å².